The molecule has 3 heterocycles. The van der Waals surface area contributed by atoms with Crippen molar-refractivity contribution in [3.05, 3.63) is 63.6 Å². The summed E-state index contributed by atoms with van der Waals surface area (Å²) in [5.74, 6) is 0.895. The molecule has 1 spiro atoms. The van der Waals surface area contributed by atoms with Gasteiger partial charge in [-0.05, 0) is 52.8 Å². The molecule has 0 radical (unpaired) electrons. The Bertz CT molecular complexity index is 846. The molecule has 1 aromatic carbocycles. The lowest BCUT2D eigenvalue weighted by molar-refractivity contribution is -0.137. The van der Waals surface area contributed by atoms with Crippen LogP contribution in [0.4, 0.5) is 0 Å². The lowest BCUT2D eigenvalue weighted by Crippen LogP contribution is -2.43. The summed E-state index contributed by atoms with van der Waals surface area (Å²) < 4.78 is 6.99. The summed E-state index contributed by atoms with van der Waals surface area (Å²) in [5.41, 5.74) is 2.53. The molecule has 1 fully saturated rings. The summed E-state index contributed by atoms with van der Waals surface area (Å²) >= 11 is 2.22. The molecule has 0 aliphatic carbocycles. The average Bonchev–Trinajstić information content (AvgIpc) is 3.33. The molecule has 5 nitrogen and oxygen atoms in total. The first kappa shape index (κ1) is 16.4. The second-order valence-electron chi connectivity index (χ2n) is 6.41. The van der Waals surface area contributed by atoms with E-state index in [1.54, 1.807) is 6.20 Å². The maximum absolute atomic E-state index is 13.0. The third kappa shape index (κ3) is 2.88. The number of aromatic nitrogens is 2. The number of benzene rings is 1. The van der Waals surface area contributed by atoms with Crippen molar-refractivity contribution in [2.45, 2.75) is 25.4 Å². The van der Waals surface area contributed by atoms with Crippen LogP contribution in [-0.2, 0) is 11.2 Å². The van der Waals surface area contributed by atoms with Crippen LogP contribution in [0.2, 0.25) is 0 Å². The second kappa shape index (κ2) is 6.33. The van der Waals surface area contributed by atoms with Gasteiger partial charge in [-0.1, -0.05) is 24.3 Å². The van der Waals surface area contributed by atoms with E-state index < -0.39 is 5.60 Å². The number of carbonyl (C=O) groups is 1. The van der Waals surface area contributed by atoms with Gasteiger partial charge in [0.15, 0.2) is 5.60 Å². The fourth-order valence-corrected chi connectivity index (χ4v) is 4.00. The maximum atomic E-state index is 13.0. The molecular formula is C19H18IN3O2. The van der Waals surface area contributed by atoms with E-state index in [-0.39, 0.29) is 5.91 Å². The van der Waals surface area contributed by atoms with E-state index in [1.807, 2.05) is 54.4 Å². The van der Waals surface area contributed by atoms with Gasteiger partial charge in [-0.25, -0.2) is 0 Å². The molecule has 1 unspecified atom stereocenters. The molecule has 1 amide bonds. The Morgan fingerprint density at radius 2 is 2.24 bits per heavy atom. The minimum Gasteiger partial charge on any atom is -0.477 e. The maximum Gasteiger partial charge on any atom is 0.271 e. The summed E-state index contributed by atoms with van der Waals surface area (Å²) in [5, 5.41) is 6.77. The van der Waals surface area contributed by atoms with Gasteiger partial charge in [0.1, 0.15) is 5.75 Å². The number of fused-ring (bicyclic) bond motifs is 1. The van der Waals surface area contributed by atoms with Crippen molar-refractivity contribution in [1.29, 1.82) is 0 Å². The number of rotatable bonds is 3. The van der Waals surface area contributed by atoms with E-state index in [0.717, 1.165) is 26.2 Å². The molecule has 1 N–H and O–H groups in total. The van der Waals surface area contributed by atoms with Crippen LogP contribution in [0.3, 0.4) is 0 Å². The Morgan fingerprint density at radius 1 is 1.40 bits per heavy atom. The molecule has 1 atom stereocenters. The summed E-state index contributed by atoms with van der Waals surface area (Å²) in [6.45, 7) is 2.70. The summed E-state index contributed by atoms with van der Waals surface area (Å²) in [6, 6.07) is 7.92. The fourth-order valence-electron chi connectivity index (χ4n) is 3.36. The number of allylic oxidation sites excluding steroid dienone is 3. The predicted octanol–water partition coefficient (Wildman–Crippen LogP) is 3.70. The van der Waals surface area contributed by atoms with Gasteiger partial charge in [0.2, 0.25) is 0 Å². The number of hydrogen-bond donors (Lipinski definition) is 1. The highest BCUT2D eigenvalue weighted by Gasteiger charge is 2.53. The number of aromatic amines is 1. The summed E-state index contributed by atoms with van der Waals surface area (Å²) in [6.07, 6.45) is 8.99. The average molecular weight is 447 g/mol. The van der Waals surface area contributed by atoms with Crippen molar-refractivity contribution in [3.63, 3.8) is 0 Å². The smallest absolute Gasteiger partial charge is 0.271 e. The number of amides is 1. The van der Waals surface area contributed by atoms with Gasteiger partial charge in [-0.15, -0.1) is 0 Å². The Labute approximate surface area is 159 Å². The van der Waals surface area contributed by atoms with Gasteiger partial charge < -0.3 is 9.64 Å². The molecule has 0 saturated carbocycles. The molecule has 0 bridgehead atoms. The number of likely N-dealkylation sites (tertiary alicyclic amines) is 1. The highest BCUT2D eigenvalue weighted by atomic mass is 127. The first-order valence-corrected chi connectivity index (χ1v) is 9.29. The zero-order chi connectivity index (χ0) is 17.4. The topological polar surface area (TPSA) is 58.2 Å². The molecule has 25 heavy (non-hydrogen) atoms. The first-order chi connectivity index (χ1) is 12.1. The Kier molecular flexibility index (Phi) is 4.15. The van der Waals surface area contributed by atoms with Crippen LogP contribution in [0.15, 0.2) is 52.5 Å². The van der Waals surface area contributed by atoms with E-state index >= 15 is 0 Å². The second-order valence-corrected chi connectivity index (χ2v) is 7.52. The number of H-pyrrole nitrogens is 1. The number of nitrogens with zero attached hydrogens (tertiary/aromatic N) is 2. The Morgan fingerprint density at radius 3 is 3.00 bits per heavy atom. The molecule has 1 saturated heterocycles. The van der Waals surface area contributed by atoms with E-state index in [9.17, 15) is 4.79 Å². The molecule has 128 valence electrons. The first-order valence-electron chi connectivity index (χ1n) is 8.21. The largest absolute Gasteiger partial charge is 0.477 e. The number of halogens is 1. The normalized spacial score (nSPS) is 23.3. The van der Waals surface area contributed by atoms with Crippen molar-refractivity contribution >= 4 is 34.1 Å². The SMILES string of the molecule is C/C(=C\C=C(/I)N1CCC2(Cc3ccccc3O2)C1=O)c1cn[nH]c1. The van der Waals surface area contributed by atoms with Crippen LogP contribution in [0.5, 0.6) is 5.75 Å². The monoisotopic (exact) mass is 447 g/mol. The predicted molar refractivity (Wildman–Crippen MR) is 104 cm³/mol. The molecule has 2 aliphatic rings. The number of carbonyl (C=O) groups excluding carboxylic acids is 1. The van der Waals surface area contributed by atoms with Crippen molar-refractivity contribution < 1.29 is 9.53 Å². The van der Waals surface area contributed by atoms with E-state index in [4.69, 9.17) is 4.74 Å². The number of nitrogens with one attached hydrogen (secondary N) is 1. The fraction of sp³-hybridized carbons (Fsp3) is 0.263. The van der Waals surface area contributed by atoms with Crippen molar-refractivity contribution in [2.75, 3.05) is 6.54 Å². The zero-order valence-electron chi connectivity index (χ0n) is 13.8. The van der Waals surface area contributed by atoms with Gasteiger partial charge in [-0.3, -0.25) is 9.89 Å². The molecule has 2 aromatic rings. The molecule has 6 heteroatoms. The van der Waals surface area contributed by atoms with Crippen LogP contribution in [0, 0.1) is 0 Å². The van der Waals surface area contributed by atoms with Crippen molar-refractivity contribution in [1.82, 2.24) is 15.1 Å². The third-order valence-electron chi connectivity index (χ3n) is 4.81. The van der Waals surface area contributed by atoms with Crippen molar-refractivity contribution in [3.8, 4) is 5.75 Å². The van der Waals surface area contributed by atoms with E-state index in [0.29, 0.717) is 19.4 Å². The highest BCUT2D eigenvalue weighted by Crippen LogP contribution is 2.42. The van der Waals surface area contributed by atoms with Crippen LogP contribution in [0.1, 0.15) is 24.5 Å². The van der Waals surface area contributed by atoms with Gasteiger partial charge in [0, 0.05) is 31.1 Å². The minimum absolute atomic E-state index is 0.0544. The third-order valence-corrected chi connectivity index (χ3v) is 5.75. The molecule has 1 aromatic heterocycles. The summed E-state index contributed by atoms with van der Waals surface area (Å²) in [7, 11) is 0. The van der Waals surface area contributed by atoms with Gasteiger partial charge in [0.25, 0.3) is 5.91 Å². The standard InChI is InChI=1S/C19H18IN3O2/c1-13(15-11-21-22-12-15)6-7-17(20)23-9-8-19(18(23)24)10-14-4-2-3-5-16(14)25-19/h2-7,11-12H,8-10H2,1H3,(H,21,22)/b13-6+,17-7+. The number of hydrogen-bond acceptors (Lipinski definition) is 3. The number of para-hydroxylation sites is 1. The van der Waals surface area contributed by atoms with Crippen molar-refractivity contribution in [2.24, 2.45) is 0 Å². The van der Waals surface area contributed by atoms with E-state index in [1.165, 1.54) is 0 Å². The van der Waals surface area contributed by atoms with Gasteiger partial charge in [0.05, 0.1) is 9.90 Å². The highest BCUT2D eigenvalue weighted by molar-refractivity contribution is 14.1. The molecular weight excluding hydrogens is 429 g/mol. The van der Waals surface area contributed by atoms with Crippen LogP contribution in [0.25, 0.3) is 5.57 Å². The van der Waals surface area contributed by atoms with Crippen LogP contribution < -0.4 is 4.74 Å². The van der Waals surface area contributed by atoms with Gasteiger partial charge in [-0.2, -0.15) is 5.10 Å². The van der Waals surface area contributed by atoms with E-state index in [2.05, 4.69) is 32.8 Å². The molecule has 2 aliphatic heterocycles. The van der Waals surface area contributed by atoms with Crippen LogP contribution in [-0.4, -0.2) is 33.2 Å². The Balaban J connectivity index is 1.53. The lowest BCUT2D eigenvalue weighted by Gasteiger charge is -2.22. The van der Waals surface area contributed by atoms with Gasteiger partial charge >= 0.3 is 0 Å². The summed E-state index contributed by atoms with van der Waals surface area (Å²) in [4.78, 5) is 14.9. The minimum atomic E-state index is -0.725. The number of ether oxygens (including phenoxy) is 1. The Hall–Kier alpha value is -2.09. The zero-order valence-corrected chi connectivity index (χ0v) is 16.0. The van der Waals surface area contributed by atoms with Crippen LogP contribution >= 0.6 is 22.6 Å². The lowest BCUT2D eigenvalue weighted by atomic mass is 9.96. The molecule has 4 rings (SSSR count). The quantitative estimate of drug-likeness (QED) is 0.444.